The Morgan fingerprint density at radius 1 is 0.912 bits per heavy atom. The fourth-order valence-electron chi connectivity index (χ4n) is 4.21. The number of ether oxygens (including phenoxy) is 1. The fourth-order valence-corrected chi connectivity index (χ4v) is 4.21. The van der Waals surface area contributed by atoms with Crippen LogP contribution in [-0.2, 0) is 14.3 Å². The van der Waals surface area contributed by atoms with Crippen LogP contribution in [0.25, 0.3) is 16.5 Å². The Balaban J connectivity index is 1.69. The smallest absolute Gasteiger partial charge is 0.337 e. The topological polar surface area (TPSA) is 97.0 Å². The van der Waals surface area contributed by atoms with E-state index in [0.29, 0.717) is 17.0 Å². The lowest BCUT2D eigenvalue weighted by atomic mass is 9.97. The Bertz CT molecular complexity index is 1470. The molecule has 1 atom stereocenters. The molecule has 2 heterocycles. The zero-order chi connectivity index (χ0) is 23.8. The molecule has 0 saturated carbocycles. The molecule has 1 fully saturated rings. The first-order chi connectivity index (χ1) is 16.5. The van der Waals surface area contributed by atoms with Crippen LogP contribution in [0.1, 0.15) is 27.7 Å². The molecule has 1 aliphatic rings. The summed E-state index contributed by atoms with van der Waals surface area (Å²) < 4.78 is 10.3. The van der Waals surface area contributed by atoms with E-state index in [0.717, 1.165) is 10.8 Å². The first kappa shape index (κ1) is 21.2. The van der Waals surface area contributed by atoms with E-state index in [2.05, 4.69) is 0 Å². The summed E-state index contributed by atoms with van der Waals surface area (Å²) in [4.78, 5) is 39.7. The lowest BCUT2D eigenvalue weighted by molar-refractivity contribution is -0.132. The maximum Gasteiger partial charge on any atom is 0.337 e. The fraction of sp³-hybridized carbons (Fsp3) is 0.0741. The third-order valence-electron chi connectivity index (χ3n) is 5.83. The van der Waals surface area contributed by atoms with Crippen molar-refractivity contribution < 1.29 is 28.6 Å². The van der Waals surface area contributed by atoms with Gasteiger partial charge >= 0.3 is 5.97 Å². The molecular weight excluding hydrogens is 434 g/mol. The maximum absolute atomic E-state index is 13.2. The number of fused-ring (bicyclic) bond motifs is 1. The second-order valence-corrected chi connectivity index (χ2v) is 7.79. The summed E-state index contributed by atoms with van der Waals surface area (Å²) in [6.45, 7) is 0. The van der Waals surface area contributed by atoms with Crippen molar-refractivity contribution in [1.29, 1.82) is 0 Å². The Morgan fingerprint density at radius 3 is 2.44 bits per heavy atom. The number of carbonyl (C=O) groups excluding carboxylic acids is 3. The van der Waals surface area contributed by atoms with E-state index in [1.54, 1.807) is 42.5 Å². The van der Waals surface area contributed by atoms with Gasteiger partial charge in [-0.3, -0.25) is 14.5 Å². The highest BCUT2D eigenvalue weighted by Crippen LogP contribution is 2.42. The number of carbonyl (C=O) groups is 3. The average molecular weight is 453 g/mol. The number of nitrogens with zero attached hydrogens (tertiary/aromatic N) is 1. The van der Waals surface area contributed by atoms with Crippen molar-refractivity contribution in [1.82, 2.24) is 0 Å². The van der Waals surface area contributed by atoms with Gasteiger partial charge in [0.2, 0.25) is 0 Å². The van der Waals surface area contributed by atoms with Gasteiger partial charge in [-0.15, -0.1) is 0 Å². The van der Waals surface area contributed by atoms with Gasteiger partial charge in [0.25, 0.3) is 11.7 Å². The highest BCUT2D eigenvalue weighted by Gasteiger charge is 2.48. The molecule has 7 nitrogen and oxygen atoms in total. The number of esters is 1. The molecule has 1 aromatic heterocycles. The summed E-state index contributed by atoms with van der Waals surface area (Å²) in [5.41, 5.74) is 0.814. The Labute approximate surface area is 194 Å². The van der Waals surface area contributed by atoms with Crippen molar-refractivity contribution in [3.05, 3.63) is 108 Å². The molecule has 1 aliphatic heterocycles. The molecule has 34 heavy (non-hydrogen) atoms. The van der Waals surface area contributed by atoms with Crippen LogP contribution < -0.4 is 4.90 Å². The maximum atomic E-state index is 13.2. The molecule has 0 aliphatic carbocycles. The van der Waals surface area contributed by atoms with Crippen LogP contribution in [0, 0.1) is 0 Å². The van der Waals surface area contributed by atoms with E-state index < -0.39 is 23.7 Å². The van der Waals surface area contributed by atoms with Gasteiger partial charge in [-0.1, -0.05) is 42.5 Å². The number of hydrogen-bond acceptors (Lipinski definition) is 6. The normalized spacial score (nSPS) is 17.3. The lowest BCUT2D eigenvalue weighted by Crippen LogP contribution is -2.29. The molecule has 7 heteroatoms. The molecule has 0 bridgehead atoms. The predicted octanol–water partition coefficient (Wildman–Crippen LogP) is 4.85. The SMILES string of the molecule is COC(=O)c1cccc(N2C(=O)C(=O)/C(=C(\O)c3ccc4ccccc4c3)C2c2ccco2)c1. The molecule has 1 N–H and O–H groups in total. The first-order valence-electron chi connectivity index (χ1n) is 10.5. The molecule has 1 saturated heterocycles. The van der Waals surface area contributed by atoms with Gasteiger partial charge < -0.3 is 14.3 Å². The van der Waals surface area contributed by atoms with Gasteiger partial charge in [0.05, 0.1) is 24.5 Å². The highest BCUT2D eigenvalue weighted by atomic mass is 16.5. The number of hydrogen-bond donors (Lipinski definition) is 1. The number of rotatable bonds is 4. The third-order valence-corrected chi connectivity index (χ3v) is 5.83. The quantitative estimate of drug-likeness (QED) is 0.205. The minimum absolute atomic E-state index is 0.0984. The summed E-state index contributed by atoms with van der Waals surface area (Å²) in [5, 5.41) is 13.1. The van der Waals surface area contributed by atoms with Crippen molar-refractivity contribution in [2.75, 3.05) is 12.0 Å². The zero-order valence-electron chi connectivity index (χ0n) is 18.1. The van der Waals surface area contributed by atoms with E-state index in [4.69, 9.17) is 9.15 Å². The van der Waals surface area contributed by atoms with Gasteiger partial charge in [0.15, 0.2) is 0 Å². The van der Waals surface area contributed by atoms with E-state index >= 15 is 0 Å². The Kier molecular flexibility index (Phi) is 5.22. The molecule has 5 rings (SSSR count). The summed E-state index contributed by atoms with van der Waals surface area (Å²) in [6.07, 6.45) is 1.43. The number of Topliss-reactive ketones (excluding diaryl/α,β-unsaturated/α-hetero) is 1. The average Bonchev–Trinajstić information content (AvgIpc) is 3.49. The monoisotopic (exact) mass is 453 g/mol. The van der Waals surface area contributed by atoms with Crippen molar-refractivity contribution in [3.63, 3.8) is 0 Å². The van der Waals surface area contributed by atoms with Gasteiger partial charge in [0.1, 0.15) is 17.6 Å². The molecule has 0 spiro atoms. The third kappa shape index (κ3) is 3.44. The number of furan rings is 1. The van der Waals surface area contributed by atoms with Gasteiger partial charge in [0, 0.05) is 11.3 Å². The van der Waals surface area contributed by atoms with Crippen LogP contribution in [0.2, 0.25) is 0 Å². The van der Waals surface area contributed by atoms with Crippen LogP contribution in [0.5, 0.6) is 0 Å². The van der Waals surface area contributed by atoms with Crippen molar-refractivity contribution in [2.45, 2.75) is 6.04 Å². The van der Waals surface area contributed by atoms with Gasteiger partial charge in [-0.2, -0.15) is 0 Å². The molecule has 4 aromatic rings. The minimum Gasteiger partial charge on any atom is -0.507 e. The van der Waals surface area contributed by atoms with Crippen molar-refractivity contribution in [3.8, 4) is 0 Å². The second kappa shape index (κ2) is 8.37. The van der Waals surface area contributed by atoms with Crippen molar-refractivity contribution >= 4 is 39.9 Å². The number of aliphatic hydroxyl groups is 1. The summed E-state index contributed by atoms with van der Waals surface area (Å²) in [7, 11) is 1.26. The number of anilines is 1. The number of methoxy groups -OCH3 is 1. The molecule has 1 amide bonds. The minimum atomic E-state index is -1.02. The Morgan fingerprint density at radius 2 is 1.71 bits per heavy atom. The second-order valence-electron chi connectivity index (χ2n) is 7.79. The summed E-state index contributed by atoms with van der Waals surface area (Å²) >= 11 is 0. The standard InChI is InChI=1S/C27H19NO6/c1-33-27(32)19-8-4-9-20(15-19)28-23(21-10-5-13-34-21)22(25(30)26(28)31)24(29)18-12-11-16-6-2-3-7-17(16)14-18/h2-15,23,29H,1H3/b24-22-. The number of aliphatic hydroxyl groups excluding tert-OH is 1. The molecular formula is C27H19NO6. The van der Waals surface area contributed by atoms with Crippen LogP contribution in [0.15, 0.2) is 95.1 Å². The summed E-state index contributed by atoms with van der Waals surface area (Å²) in [5.74, 6) is -2.28. The number of ketones is 1. The Hall–Kier alpha value is -4.65. The molecule has 168 valence electrons. The predicted molar refractivity (Wildman–Crippen MR) is 125 cm³/mol. The zero-order valence-corrected chi connectivity index (χ0v) is 18.1. The van der Waals surface area contributed by atoms with E-state index in [1.165, 1.54) is 24.3 Å². The highest BCUT2D eigenvalue weighted by molar-refractivity contribution is 6.51. The first-order valence-corrected chi connectivity index (χ1v) is 10.5. The van der Waals surface area contributed by atoms with Crippen molar-refractivity contribution in [2.24, 2.45) is 0 Å². The molecule has 1 unspecified atom stereocenters. The van der Waals surface area contributed by atoms with E-state index in [9.17, 15) is 19.5 Å². The molecule has 3 aromatic carbocycles. The van der Waals surface area contributed by atoms with Crippen LogP contribution >= 0.6 is 0 Å². The number of benzene rings is 3. The van der Waals surface area contributed by atoms with Gasteiger partial charge in [-0.25, -0.2) is 4.79 Å². The largest absolute Gasteiger partial charge is 0.507 e. The van der Waals surface area contributed by atoms with E-state index in [1.807, 2.05) is 30.3 Å². The lowest BCUT2D eigenvalue weighted by Gasteiger charge is -2.23. The number of amides is 1. The van der Waals surface area contributed by atoms with E-state index in [-0.39, 0.29) is 16.9 Å². The van der Waals surface area contributed by atoms with Gasteiger partial charge in [-0.05, 0) is 47.2 Å². The molecule has 0 radical (unpaired) electrons. The van der Waals surface area contributed by atoms with Crippen LogP contribution in [0.3, 0.4) is 0 Å². The summed E-state index contributed by atoms with van der Waals surface area (Å²) in [6, 6.07) is 21.3. The van der Waals surface area contributed by atoms with Crippen LogP contribution in [0.4, 0.5) is 5.69 Å². The van der Waals surface area contributed by atoms with Crippen LogP contribution in [-0.4, -0.2) is 29.9 Å².